The number of hydrogen-bond acceptors (Lipinski definition) is 6. The van der Waals surface area contributed by atoms with Gasteiger partial charge in [-0.05, 0) is 65.4 Å². The van der Waals surface area contributed by atoms with Gasteiger partial charge in [-0.2, -0.15) is 0 Å². The predicted octanol–water partition coefficient (Wildman–Crippen LogP) is 5.76. The van der Waals surface area contributed by atoms with Crippen molar-refractivity contribution < 1.29 is 14.3 Å². The van der Waals surface area contributed by atoms with Crippen LogP contribution >= 0.6 is 11.6 Å². The summed E-state index contributed by atoms with van der Waals surface area (Å²) in [6.07, 6.45) is 8.35. The zero-order valence-corrected chi connectivity index (χ0v) is 23.6. The first-order valence-corrected chi connectivity index (χ1v) is 14.2. The Kier molecular flexibility index (Phi) is 7.98. The number of H-pyrrole nitrogens is 1. The van der Waals surface area contributed by atoms with E-state index in [-0.39, 0.29) is 30.0 Å². The molecule has 0 radical (unpaired) electrons. The van der Waals surface area contributed by atoms with Crippen LogP contribution in [0.1, 0.15) is 59.3 Å². The summed E-state index contributed by atoms with van der Waals surface area (Å²) in [4.78, 5) is 39.6. The minimum atomic E-state index is -0.548. The van der Waals surface area contributed by atoms with Crippen LogP contribution in [-0.2, 0) is 9.53 Å². The molecule has 3 aromatic rings. The first kappa shape index (κ1) is 27.2. The third-order valence-corrected chi connectivity index (χ3v) is 7.72. The molecule has 1 aliphatic carbocycles. The zero-order valence-electron chi connectivity index (χ0n) is 22.8. The van der Waals surface area contributed by atoms with Crippen molar-refractivity contribution in [3.8, 4) is 11.3 Å². The molecule has 0 bridgehead atoms. The minimum absolute atomic E-state index is 0.0315. The number of benzene rings is 1. The van der Waals surface area contributed by atoms with Gasteiger partial charge in [0.05, 0.1) is 22.8 Å². The van der Waals surface area contributed by atoms with E-state index in [1.807, 2.05) is 51.2 Å². The molecule has 3 heterocycles. The standard InChI is InChI=1S/C29H37ClN6O3/c1-29(2,3)39-28(38)36-14-6-7-18(17-36)26(37)33-19-10-12-20(13-11-19)34-27-32-16-23(30)25(35-27)22-15-31-24-9-5-4-8-21(22)24/h4-5,8-9,15-16,18-20,31H,6-7,10-14,17H2,1-3H3,(H,33,37)(H,32,34,35). The van der Waals surface area contributed by atoms with Crippen molar-refractivity contribution in [2.75, 3.05) is 18.4 Å². The van der Waals surface area contributed by atoms with Crippen molar-refractivity contribution in [3.05, 3.63) is 41.7 Å². The molecule has 1 aromatic carbocycles. The Morgan fingerprint density at radius 3 is 2.62 bits per heavy atom. The molecule has 9 nitrogen and oxygen atoms in total. The molecule has 2 fully saturated rings. The highest BCUT2D eigenvalue weighted by Crippen LogP contribution is 2.33. The second-order valence-electron chi connectivity index (χ2n) is 11.6. The van der Waals surface area contributed by atoms with Gasteiger partial charge in [0.15, 0.2) is 0 Å². The third kappa shape index (κ3) is 6.64. The van der Waals surface area contributed by atoms with Crippen LogP contribution in [0.25, 0.3) is 22.2 Å². The number of anilines is 1. The van der Waals surface area contributed by atoms with E-state index >= 15 is 0 Å². The fourth-order valence-corrected chi connectivity index (χ4v) is 5.65. The van der Waals surface area contributed by atoms with Crippen molar-refractivity contribution >= 4 is 40.5 Å². The molecule has 2 aromatic heterocycles. The number of carbonyl (C=O) groups excluding carboxylic acids is 2. The molecule has 5 rings (SSSR count). The number of hydrogen-bond donors (Lipinski definition) is 3. The maximum absolute atomic E-state index is 13.0. The van der Waals surface area contributed by atoms with Gasteiger partial charge in [0.2, 0.25) is 11.9 Å². The summed E-state index contributed by atoms with van der Waals surface area (Å²) in [6, 6.07) is 8.40. The highest BCUT2D eigenvalue weighted by Gasteiger charge is 2.32. The van der Waals surface area contributed by atoms with Crippen LogP contribution < -0.4 is 10.6 Å². The molecule has 10 heteroatoms. The highest BCUT2D eigenvalue weighted by atomic mass is 35.5. The van der Waals surface area contributed by atoms with Crippen molar-refractivity contribution in [3.63, 3.8) is 0 Å². The maximum atomic E-state index is 13.0. The lowest BCUT2D eigenvalue weighted by molar-refractivity contribution is -0.127. The number of nitrogens with zero attached hydrogens (tertiary/aromatic N) is 3. The minimum Gasteiger partial charge on any atom is -0.444 e. The van der Waals surface area contributed by atoms with E-state index in [9.17, 15) is 9.59 Å². The molecule has 0 spiro atoms. The number of nitrogens with one attached hydrogen (secondary N) is 3. The first-order valence-electron chi connectivity index (χ1n) is 13.8. The first-order chi connectivity index (χ1) is 18.7. The summed E-state index contributed by atoms with van der Waals surface area (Å²) in [7, 11) is 0. The molecule has 1 aliphatic heterocycles. The van der Waals surface area contributed by atoms with Gasteiger partial charge in [0, 0.05) is 47.8 Å². The lowest BCUT2D eigenvalue weighted by Crippen LogP contribution is -2.49. The molecule has 2 amide bonds. The Morgan fingerprint density at radius 1 is 1.10 bits per heavy atom. The van der Waals surface area contributed by atoms with Gasteiger partial charge in [0.1, 0.15) is 5.60 Å². The Morgan fingerprint density at radius 2 is 1.85 bits per heavy atom. The van der Waals surface area contributed by atoms with Gasteiger partial charge in [-0.3, -0.25) is 4.79 Å². The number of rotatable bonds is 5. The third-order valence-electron chi connectivity index (χ3n) is 7.44. The number of aromatic nitrogens is 3. The summed E-state index contributed by atoms with van der Waals surface area (Å²) in [6.45, 7) is 6.60. The Balaban J connectivity index is 1.13. The monoisotopic (exact) mass is 552 g/mol. The smallest absolute Gasteiger partial charge is 0.410 e. The summed E-state index contributed by atoms with van der Waals surface area (Å²) in [5.74, 6) is 0.383. The number of fused-ring (bicyclic) bond motifs is 1. The number of ether oxygens (including phenoxy) is 1. The van der Waals surface area contributed by atoms with Crippen molar-refractivity contribution in [2.24, 2.45) is 5.92 Å². The Bertz CT molecular complexity index is 1330. The fourth-order valence-electron chi connectivity index (χ4n) is 5.46. The van der Waals surface area contributed by atoms with Gasteiger partial charge in [0.25, 0.3) is 0 Å². The van der Waals surface area contributed by atoms with Crippen LogP contribution in [0.3, 0.4) is 0 Å². The molecular formula is C29H37ClN6O3. The Hall–Kier alpha value is -3.33. The largest absolute Gasteiger partial charge is 0.444 e. The molecule has 1 saturated heterocycles. The van der Waals surface area contributed by atoms with E-state index in [4.69, 9.17) is 21.3 Å². The quantitative estimate of drug-likeness (QED) is 0.371. The van der Waals surface area contributed by atoms with Gasteiger partial charge in [-0.15, -0.1) is 0 Å². The van der Waals surface area contributed by atoms with Gasteiger partial charge < -0.3 is 25.3 Å². The summed E-state index contributed by atoms with van der Waals surface area (Å²) >= 11 is 6.48. The number of likely N-dealkylation sites (tertiary alicyclic amines) is 1. The number of halogens is 1. The average Bonchev–Trinajstić information content (AvgIpc) is 3.34. The zero-order chi connectivity index (χ0) is 27.6. The van der Waals surface area contributed by atoms with E-state index in [0.29, 0.717) is 29.8 Å². The van der Waals surface area contributed by atoms with Crippen molar-refractivity contribution in [2.45, 2.75) is 77.0 Å². The number of piperidine rings is 1. The predicted molar refractivity (Wildman–Crippen MR) is 153 cm³/mol. The molecule has 208 valence electrons. The summed E-state index contributed by atoms with van der Waals surface area (Å²) < 4.78 is 5.50. The molecule has 39 heavy (non-hydrogen) atoms. The van der Waals surface area contributed by atoms with Crippen LogP contribution in [0.5, 0.6) is 0 Å². The van der Waals surface area contributed by atoms with E-state index in [1.165, 1.54) is 0 Å². The normalized spacial score (nSPS) is 21.9. The number of carbonyl (C=O) groups is 2. The molecule has 1 saturated carbocycles. The molecule has 3 N–H and O–H groups in total. The molecule has 1 unspecified atom stereocenters. The van der Waals surface area contributed by atoms with E-state index in [2.05, 4.69) is 20.6 Å². The van der Waals surface area contributed by atoms with Crippen LogP contribution in [0.4, 0.5) is 10.7 Å². The number of aromatic amines is 1. The summed E-state index contributed by atoms with van der Waals surface area (Å²) in [5, 5.41) is 8.27. The van der Waals surface area contributed by atoms with Crippen molar-refractivity contribution in [1.29, 1.82) is 0 Å². The second kappa shape index (κ2) is 11.4. The van der Waals surface area contributed by atoms with Crippen molar-refractivity contribution in [1.82, 2.24) is 25.2 Å². The van der Waals surface area contributed by atoms with E-state index in [1.54, 1.807) is 11.1 Å². The second-order valence-corrected chi connectivity index (χ2v) is 12.0. The molecular weight excluding hydrogens is 516 g/mol. The van der Waals surface area contributed by atoms with E-state index < -0.39 is 5.60 Å². The highest BCUT2D eigenvalue weighted by molar-refractivity contribution is 6.33. The molecule has 1 atom stereocenters. The topological polar surface area (TPSA) is 112 Å². The number of para-hydroxylation sites is 1. The average molecular weight is 553 g/mol. The maximum Gasteiger partial charge on any atom is 0.410 e. The van der Waals surface area contributed by atoms with Crippen LogP contribution in [0.15, 0.2) is 36.7 Å². The summed E-state index contributed by atoms with van der Waals surface area (Å²) in [5.41, 5.74) is 2.12. The van der Waals surface area contributed by atoms with Crippen LogP contribution in [0, 0.1) is 5.92 Å². The van der Waals surface area contributed by atoms with Gasteiger partial charge in [-0.25, -0.2) is 14.8 Å². The SMILES string of the molecule is CC(C)(C)OC(=O)N1CCCC(C(=O)NC2CCC(Nc3ncc(Cl)c(-c4c[nH]c5ccccc45)n3)CC2)C1. The van der Waals surface area contributed by atoms with Gasteiger partial charge >= 0.3 is 6.09 Å². The van der Waals surface area contributed by atoms with Gasteiger partial charge in [-0.1, -0.05) is 29.8 Å². The lowest BCUT2D eigenvalue weighted by atomic mass is 9.90. The fraction of sp³-hybridized carbons (Fsp3) is 0.517. The lowest BCUT2D eigenvalue weighted by Gasteiger charge is -2.35. The van der Waals surface area contributed by atoms with Crippen LogP contribution in [0.2, 0.25) is 5.02 Å². The number of amides is 2. The van der Waals surface area contributed by atoms with Crippen LogP contribution in [-0.4, -0.2) is 62.6 Å². The van der Waals surface area contributed by atoms with E-state index in [0.717, 1.165) is 55.0 Å². The molecule has 2 aliphatic rings. The Labute approximate surface area is 234 Å².